The largest absolute Gasteiger partial charge is 0.309 e. The van der Waals surface area contributed by atoms with E-state index in [1.54, 1.807) is 0 Å². The standard InChI is InChI=1S/C14H23N5S/c1-6-15-11(9-10-7-8-19(5)17-10)12-13(14(2,3)4)16-18-20-12/h7-8,11,15H,6,9H2,1-5H3. The number of rotatable bonds is 5. The maximum atomic E-state index is 4.47. The zero-order valence-electron chi connectivity index (χ0n) is 12.8. The maximum Gasteiger partial charge on any atom is 0.0857 e. The van der Waals surface area contributed by atoms with Gasteiger partial charge in [0.2, 0.25) is 0 Å². The molecule has 0 saturated carbocycles. The third-order valence-corrected chi connectivity index (χ3v) is 4.01. The smallest absolute Gasteiger partial charge is 0.0857 e. The highest BCUT2D eigenvalue weighted by atomic mass is 32.1. The van der Waals surface area contributed by atoms with E-state index in [9.17, 15) is 0 Å². The first-order chi connectivity index (χ1) is 9.41. The molecule has 20 heavy (non-hydrogen) atoms. The first-order valence-electron chi connectivity index (χ1n) is 6.96. The van der Waals surface area contributed by atoms with Crippen LogP contribution in [-0.2, 0) is 18.9 Å². The van der Waals surface area contributed by atoms with E-state index in [0.717, 1.165) is 24.4 Å². The summed E-state index contributed by atoms with van der Waals surface area (Å²) in [6.45, 7) is 9.57. The van der Waals surface area contributed by atoms with Crippen molar-refractivity contribution in [1.29, 1.82) is 0 Å². The molecule has 2 aromatic heterocycles. The monoisotopic (exact) mass is 293 g/mol. The highest BCUT2D eigenvalue weighted by Gasteiger charge is 2.27. The van der Waals surface area contributed by atoms with Gasteiger partial charge >= 0.3 is 0 Å². The van der Waals surface area contributed by atoms with E-state index >= 15 is 0 Å². The molecule has 0 aliphatic heterocycles. The summed E-state index contributed by atoms with van der Waals surface area (Å²) in [7, 11) is 1.95. The van der Waals surface area contributed by atoms with E-state index < -0.39 is 0 Å². The lowest BCUT2D eigenvalue weighted by Gasteiger charge is -2.21. The highest BCUT2D eigenvalue weighted by molar-refractivity contribution is 7.05. The summed E-state index contributed by atoms with van der Waals surface area (Å²) in [5.74, 6) is 0. The van der Waals surface area contributed by atoms with Crippen LogP contribution in [0.1, 0.15) is 50.0 Å². The van der Waals surface area contributed by atoms with Gasteiger partial charge in [0.05, 0.1) is 22.3 Å². The molecule has 2 rings (SSSR count). The fourth-order valence-electron chi connectivity index (χ4n) is 2.23. The van der Waals surface area contributed by atoms with Gasteiger partial charge in [-0.25, -0.2) is 0 Å². The molecule has 0 spiro atoms. The minimum absolute atomic E-state index is 0.0140. The van der Waals surface area contributed by atoms with Crippen LogP contribution in [-0.4, -0.2) is 25.9 Å². The van der Waals surface area contributed by atoms with Gasteiger partial charge < -0.3 is 5.32 Å². The zero-order valence-corrected chi connectivity index (χ0v) is 13.7. The number of hydrogen-bond acceptors (Lipinski definition) is 5. The molecule has 0 saturated heterocycles. The van der Waals surface area contributed by atoms with Crippen LogP contribution in [0, 0.1) is 0 Å². The molecule has 2 heterocycles. The molecule has 1 N–H and O–H groups in total. The van der Waals surface area contributed by atoms with Crippen LogP contribution in [0.2, 0.25) is 0 Å². The van der Waals surface area contributed by atoms with Crippen molar-refractivity contribution in [3.05, 3.63) is 28.5 Å². The third-order valence-electron chi connectivity index (χ3n) is 3.17. The Balaban J connectivity index is 2.27. The predicted molar refractivity (Wildman–Crippen MR) is 81.9 cm³/mol. The lowest BCUT2D eigenvalue weighted by Crippen LogP contribution is -2.26. The minimum atomic E-state index is 0.0140. The van der Waals surface area contributed by atoms with E-state index in [4.69, 9.17) is 0 Å². The van der Waals surface area contributed by atoms with Gasteiger partial charge in [0.1, 0.15) is 0 Å². The average Bonchev–Trinajstić information content (AvgIpc) is 2.96. The molecule has 1 unspecified atom stereocenters. The van der Waals surface area contributed by atoms with Crippen LogP contribution in [0.15, 0.2) is 12.3 Å². The second kappa shape index (κ2) is 6.01. The van der Waals surface area contributed by atoms with Crippen LogP contribution in [0.5, 0.6) is 0 Å². The average molecular weight is 293 g/mol. The molecule has 0 aliphatic rings. The molecule has 0 aromatic carbocycles. The van der Waals surface area contributed by atoms with Gasteiger partial charge in [-0.15, -0.1) is 5.10 Å². The Labute approximate surface area is 124 Å². The molecular formula is C14H23N5S. The first-order valence-corrected chi connectivity index (χ1v) is 7.73. The van der Waals surface area contributed by atoms with E-state index in [2.05, 4.69) is 53.8 Å². The molecule has 0 fully saturated rings. The zero-order chi connectivity index (χ0) is 14.8. The number of hydrogen-bond donors (Lipinski definition) is 1. The topological polar surface area (TPSA) is 55.6 Å². The van der Waals surface area contributed by atoms with Crippen molar-refractivity contribution in [1.82, 2.24) is 24.7 Å². The van der Waals surface area contributed by atoms with Gasteiger partial charge in [-0.2, -0.15) is 5.10 Å². The van der Waals surface area contributed by atoms with Crippen molar-refractivity contribution in [2.24, 2.45) is 7.05 Å². The lowest BCUT2D eigenvalue weighted by molar-refractivity contribution is 0.510. The predicted octanol–water partition coefficient (Wildman–Crippen LogP) is 2.46. The molecular weight excluding hydrogens is 270 g/mol. The van der Waals surface area contributed by atoms with Gasteiger partial charge in [-0.1, -0.05) is 32.2 Å². The van der Waals surface area contributed by atoms with Crippen LogP contribution < -0.4 is 5.32 Å². The SMILES string of the molecule is CCNC(Cc1ccn(C)n1)c1snnc1C(C)(C)C. The molecule has 0 bridgehead atoms. The quantitative estimate of drug-likeness (QED) is 0.920. The minimum Gasteiger partial charge on any atom is -0.309 e. The second-order valence-electron chi connectivity index (χ2n) is 6.03. The molecule has 6 heteroatoms. The number of nitrogens with zero attached hydrogens (tertiary/aromatic N) is 4. The fourth-order valence-corrected chi connectivity index (χ4v) is 3.17. The van der Waals surface area contributed by atoms with Crippen molar-refractivity contribution < 1.29 is 0 Å². The van der Waals surface area contributed by atoms with Crippen molar-refractivity contribution >= 4 is 11.5 Å². The lowest BCUT2D eigenvalue weighted by atomic mass is 9.89. The molecule has 2 aromatic rings. The van der Waals surface area contributed by atoms with Gasteiger partial charge in [0.15, 0.2) is 0 Å². The molecule has 0 amide bonds. The molecule has 5 nitrogen and oxygen atoms in total. The summed E-state index contributed by atoms with van der Waals surface area (Å²) in [4.78, 5) is 1.23. The van der Waals surface area contributed by atoms with Gasteiger partial charge in [0, 0.05) is 25.1 Å². The van der Waals surface area contributed by atoms with E-state index in [1.807, 2.05) is 17.9 Å². The van der Waals surface area contributed by atoms with E-state index in [0.29, 0.717) is 0 Å². The third kappa shape index (κ3) is 3.43. The Kier molecular flexibility index (Phi) is 4.55. The summed E-state index contributed by atoms with van der Waals surface area (Å²) in [6, 6.07) is 2.29. The van der Waals surface area contributed by atoms with Crippen LogP contribution >= 0.6 is 11.5 Å². The second-order valence-corrected chi connectivity index (χ2v) is 6.82. The summed E-state index contributed by atoms with van der Waals surface area (Å²) < 4.78 is 6.01. The summed E-state index contributed by atoms with van der Waals surface area (Å²) >= 11 is 1.49. The maximum absolute atomic E-state index is 4.47. The van der Waals surface area contributed by atoms with Gasteiger partial charge in [-0.3, -0.25) is 4.68 Å². The first kappa shape index (κ1) is 15.1. The summed E-state index contributed by atoms with van der Waals surface area (Å²) in [5, 5.41) is 12.4. The van der Waals surface area contributed by atoms with E-state index in [-0.39, 0.29) is 11.5 Å². The van der Waals surface area contributed by atoms with Crippen LogP contribution in [0.3, 0.4) is 0 Å². The molecule has 110 valence electrons. The van der Waals surface area contributed by atoms with Crippen molar-refractivity contribution in [3.8, 4) is 0 Å². The summed E-state index contributed by atoms with van der Waals surface area (Å²) in [6.07, 6.45) is 2.84. The molecule has 0 aliphatic carbocycles. The Hall–Kier alpha value is -1.27. The van der Waals surface area contributed by atoms with E-state index in [1.165, 1.54) is 16.4 Å². The van der Waals surface area contributed by atoms with Crippen LogP contribution in [0.4, 0.5) is 0 Å². The number of likely N-dealkylation sites (N-methyl/N-ethyl adjacent to an activating group) is 1. The van der Waals surface area contributed by atoms with Crippen LogP contribution in [0.25, 0.3) is 0 Å². The van der Waals surface area contributed by atoms with Gasteiger partial charge in [0.25, 0.3) is 0 Å². The Bertz CT molecular complexity index is 552. The Morgan fingerprint density at radius 2 is 2.15 bits per heavy atom. The van der Waals surface area contributed by atoms with Crippen molar-refractivity contribution in [2.75, 3.05) is 6.54 Å². The normalized spacial score (nSPS) is 13.7. The number of nitrogens with one attached hydrogen (secondary N) is 1. The van der Waals surface area contributed by atoms with Crippen molar-refractivity contribution in [3.63, 3.8) is 0 Å². The van der Waals surface area contributed by atoms with Crippen molar-refractivity contribution in [2.45, 2.75) is 45.6 Å². The summed E-state index contributed by atoms with van der Waals surface area (Å²) in [5.41, 5.74) is 2.19. The van der Waals surface area contributed by atoms with Gasteiger partial charge in [-0.05, 0) is 24.1 Å². The Morgan fingerprint density at radius 3 is 2.70 bits per heavy atom. The molecule has 0 radical (unpaired) electrons. The molecule has 1 atom stereocenters. The number of aryl methyl sites for hydroxylation is 1. The number of aromatic nitrogens is 4. The fraction of sp³-hybridized carbons (Fsp3) is 0.643. The Morgan fingerprint density at radius 1 is 1.40 bits per heavy atom. The highest BCUT2D eigenvalue weighted by Crippen LogP contribution is 2.31.